The zero-order chi connectivity index (χ0) is 18.8. The number of Topliss-reactive ketones (excluding diaryl/α,β-unsaturated/α-hetero) is 1. The number of fused-ring (bicyclic) bond motifs is 1. The van der Waals surface area contributed by atoms with Gasteiger partial charge in [-0.2, -0.15) is 8.78 Å². The SMILES string of the molecule is O=C1CCc2cc(C=Cc3ccc(OC(F)F)c(OCC4CC4)c3)ccc21. The van der Waals surface area contributed by atoms with Gasteiger partial charge in [-0.25, -0.2) is 0 Å². The van der Waals surface area contributed by atoms with Gasteiger partial charge < -0.3 is 9.47 Å². The minimum Gasteiger partial charge on any atom is -0.489 e. The molecular weight excluding hydrogens is 350 g/mol. The van der Waals surface area contributed by atoms with E-state index in [0.29, 0.717) is 24.7 Å². The molecule has 2 aliphatic rings. The fourth-order valence-corrected chi connectivity index (χ4v) is 3.20. The molecule has 0 bridgehead atoms. The standard InChI is InChI=1S/C22H20F2O3/c23-22(24)27-20-10-6-15(12-21(20)26-13-16-3-4-16)2-1-14-5-8-18-17(11-14)7-9-19(18)25/h1-2,5-6,8,10-12,16,22H,3-4,7,9,13H2. The third kappa shape index (κ3) is 4.35. The minimum atomic E-state index is -2.89. The molecule has 2 aromatic rings. The molecule has 4 rings (SSSR count). The third-order valence-corrected chi connectivity index (χ3v) is 4.87. The average molecular weight is 370 g/mol. The van der Waals surface area contributed by atoms with Gasteiger partial charge in [0.25, 0.3) is 0 Å². The lowest BCUT2D eigenvalue weighted by Crippen LogP contribution is -2.06. The Bertz CT molecular complexity index is 885. The maximum Gasteiger partial charge on any atom is 0.387 e. The largest absolute Gasteiger partial charge is 0.489 e. The van der Waals surface area contributed by atoms with Crippen molar-refractivity contribution in [1.82, 2.24) is 0 Å². The molecule has 0 aliphatic heterocycles. The highest BCUT2D eigenvalue weighted by Gasteiger charge is 2.23. The van der Waals surface area contributed by atoms with E-state index in [1.54, 1.807) is 12.1 Å². The fourth-order valence-electron chi connectivity index (χ4n) is 3.20. The Labute approximate surface area is 156 Å². The number of carbonyl (C=O) groups is 1. The van der Waals surface area contributed by atoms with Crippen molar-refractivity contribution in [3.63, 3.8) is 0 Å². The third-order valence-electron chi connectivity index (χ3n) is 4.87. The molecule has 2 aliphatic carbocycles. The summed E-state index contributed by atoms with van der Waals surface area (Å²) >= 11 is 0. The van der Waals surface area contributed by atoms with Crippen LogP contribution in [0.5, 0.6) is 11.5 Å². The minimum absolute atomic E-state index is 0.0545. The number of ketones is 1. The molecule has 0 amide bonds. The first-order valence-corrected chi connectivity index (χ1v) is 9.14. The van der Waals surface area contributed by atoms with E-state index in [4.69, 9.17) is 4.74 Å². The first-order chi connectivity index (χ1) is 13.1. The molecule has 0 N–H and O–H groups in total. The van der Waals surface area contributed by atoms with Gasteiger partial charge in [0.05, 0.1) is 6.61 Å². The van der Waals surface area contributed by atoms with Gasteiger partial charge in [-0.05, 0) is 54.0 Å². The van der Waals surface area contributed by atoms with Crippen molar-refractivity contribution in [2.75, 3.05) is 6.61 Å². The van der Waals surface area contributed by atoms with Crippen LogP contribution in [-0.2, 0) is 6.42 Å². The zero-order valence-corrected chi connectivity index (χ0v) is 14.8. The number of rotatable bonds is 7. The monoisotopic (exact) mass is 370 g/mol. The van der Waals surface area contributed by atoms with Gasteiger partial charge >= 0.3 is 6.61 Å². The van der Waals surface area contributed by atoms with E-state index in [0.717, 1.165) is 41.5 Å². The second-order valence-corrected chi connectivity index (χ2v) is 7.01. The number of halogens is 2. The lowest BCUT2D eigenvalue weighted by atomic mass is 10.0. The van der Waals surface area contributed by atoms with Crippen LogP contribution in [0.1, 0.15) is 46.3 Å². The second kappa shape index (κ2) is 7.51. The molecule has 1 fully saturated rings. The van der Waals surface area contributed by atoms with Crippen molar-refractivity contribution in [2.45, 2.75) is 32.3 Å². The first kappa shape index (κ1) is 17.7. The number of carbonyl (C=O) groups excluding carboxylic acids is 1. The topological polar surface area (TPSA) is 35.5 Å². The van der Waals surface area contributed by atoms with Gasteiger partial charge in [-0.15, -0.1) is 0 Å². The molecular formula is C22H20F2O3. The van der Waals surface area contributed by atoms with E-state index in [9.17, 15) is 13.6 Å². The Morgan fingerprint density at radius 2 is 1.74 bits per heavy atom. The molecule has 0 atom stereocenters. The van der Waals surface area contributed by atoms with Gasteiger partial charge in [0.1, 0.15) is 0 Å². The zero-order valence-electron chi connectivity index (χ0n) is 14.8. The molecule has 3 nitrogen and oxygen atoms in total. The van der Waals surface area contributed by atoms with Crippen LogP contribution in [0, 0.1) is 5.92 Å². The Morgan fingerprint density at radius 3 is 2.48 bits per heavy atom. The molecule has 140 valence electrons. The lowest BCUT2D eigenvalue weighted by molar-refractivity contribution is -0.0515. The molecule has 2 aromatic carbocycles. The van der Waals surface area contributed by atoms with Crippen LogP contribution in [0.2, 0.25) is 0 Å². The van der Waals surface area contributed by atoms with Crippen LogP contribution in [0.25, 0.3) is 12.2 Å². The molecule has 0 unspecified atom stereocenters. The van der Waals surface area contributed by atoms with Gasteiger partial charge in [0.2, 0.25) is 0 Å². The normalized spacial score (nSPS) is 16.2. The molecule has 27 heavy (non-hydrogen) atoms. The summed E-state index contributed by atoms with van der Waals surface area (Å²) in [6.07, 6.45) is 7.44. The van der Waals surface area contributed by atoms with E-state index in [2.05, 4.69) is 4.74 Å². The highest BCUT2D eigenvalue weighted by molar-refractivity contribution is 6.00. The molecule has 0 radical (unpaired) electrons. The van der Waals surface area contributed by atoms with Gasteiger partial charge in [0, 0.05) is 12.0 Å². The van der Waals surface area contributed by atoms with Crippen LogP contribution in [0.3, 0.4) is 0 Å². The van der Waals surface area contributed by atoms with Crippen molar-refractivity contribution < 1.29 is 23.0 Å². The highest BCUT2D eigenvalue weighted by Crippen LogP contribution is 2.34. The fraction of sp³-hybridized carbons (Fsp3) is 0.318. The maximum absolute atomic E-state index is 12.6. The summed E-state index contributed by atoms with van der Waals surface area (Å²) in [5, 5.41) is 0. The number of alkyl halides is 2. The summed E-state index contributed by atoms with van der Waals surface area (Å²) in [6, 6.07) is 10.7. The maximum atomic E-state index is 12.6. The Hall–Kier alpha value is -2.69. The summed E-state index contributed by atoms with van der Waals surface area (Å²) in [4.78, 5) is 11.7. The van der Waals surface area contributed by atoms with E-state index < -0.39 is 6.61 Å². The van der Waals surface area contributed by atoms with Gasteiger partial charge in [-0.3, -0.25) is 4.79 Å². The predicted molar refractivity (Wildman–Crippen MR) is 99.3 cm³/mol. The van der Waals surface area contributed by atoms with E-state index in [1.807, 2.05) is 30.4 Å². The number of benzene rings is 2. The van der Waals surface area contributed by atoms with E-state index in [-0.39, 0.29) is 11.5 Å². The van der Waals surface area contributed by atoms with E-state index in [1.165, 1.54) is 6.07 Å². The van der Waals surface area contributed by atoms with Crippen LogP contribution in [0.15, 0.2) is 36.4 Å². The number of aryl methyl sites for hydroxylation is 1. The Kier molecular flexibility index (Phi) is 4.92. The smallest absolute Gasteiger partial charge is 0.387 e. The summed E-state index contributed by atoms with van der Waals surface area (Å²) < 4.78 is 35.5. The van der Waals surface area contributed by atoms with Crippen molar-refractivity contribution >= 4 is 17.9 Å². The molecule has 5 heteroatoms. The van der Waals surface area contributed by atoms with Crippen molar-refractivity contribution in [1.29, 1.82) is 0 Å². The molecule has 1 saturated carbocycles. The summed E-state index contributed by atoms with van der Waals surface area (Å²) in [6.45, 7) is -2.37. The Balaban J connectivity index is 1.53. The molecule has 0 aromatic heterocycles. The van der Waals surface area contributed by atoms with Crippen molar-refractivity contribution in [3.8, 4) is 11.5 Å². The Morgan fingerprint density at radius 1 is 1.00 bits per heavy atom. The predicted octanol–water partition coefficient (Wildman–Crippen LogP) is 5.38. The van der Waals surface area contributed by atoms with Crippen LogP contribution < -0.4 is 9.47 Å². The summed E-state index contributed by atoms with van der Waals surface area (Å²) in [5.74, 6) is 1.10. The summed E-state index contributed by atoms with van der Waals surface area (Å²) in [7, 11) is 0. The number of ether oxygens (including phenoxy) is 2. The average Bonchev–Trinajstić information content (AvgIpc) is 3.41. The molecule has 0 heterocycles. The quantitative estimate of drug-likeness (QED) is 0.614. The van der Waals surface area contributed by atoms with Crippen LogP contribution >= 0.6 is 0 Å². The first-order valence-electron chi connectivity index (χ1n) is 9.14. The van der Waals surface area contributed by atoms with Crippen LogP contribution in [0.4, 0.5) is 8.78 Å². The van der Waals surface area contributed by atoms with Crippen molar-refractivity contribution in [2.24, 2.45) is 5.92 Å². The van der Waals surface area contributed by atoms with Gasteiger partial charge in [0.15, 0.2) is 17.3 Å². The number of hydrogen-bond acceptors (Lipinski definition) is 3. The number of hydrogen-bond donors (Lipinski definition) is 0. The lowest BCUT2D eigenvalue weighted by Gasteiger charge is -2.12. The van der Waals surface area contributed by atoms with Gasteiger partial charge in [-0.1, -0.05) is 36.4 Å². The summed E-state index contributed by atoms with van der Waals surface area (Å²) in [5.41, 5.74) is 3.73. The molecule has 0 saturated heterocycles. The molecule has 0 spiro atoms. The highest BCUT2D eigenvalue weighted by atomic mass is 19.3. The van der Waals surface area contributed by atoms with Crippen molar-refractivity contribution in [3.05, 3.63) is 58.7 Å². The van der Waals surface area contributed by atoms with E-state index >= 15 is 0 Å². The van der Waals surface area contributed by atoms with Crippen LogP contribution in [-0.4, -0.2) is 19.0 Å². The second-order valence-electron chi connectivity index (χ2n) is 7.01.